The van der Waals surface area contributed by atoms with E-state index in [9.17, 15) is 4.79 Å². The lowest BCUT2D eigenvalue weighted by molar-refractivity contribution is 0.103. The number of thiophene rings is 1. The van der Waals surface area contributed by atoms with E-state index in [0.717, 1.165) is 26.0 Å². The zero-order valence-electron chi connectivity index (χ0n) is 14.6. The SMILES string of the molecule is O=C(Nc1ccc2nc(SCCOc3ccccc3Cl)sc2c1)c1cccs1. The number of nitrogens with one attached hydrogen (secondary N) is 1. The summed E-state index contributed by atoms with van der Waals surface area (Å²) in [5.74, 6) is 1.37. The zero-order chi connectivity index (χ0) is 19.3. The molecule has 0 radical (unpaired) electrons. The Morgan fingerprint density at radius 1 is 1.18 bits per heavy atom. The predicted octanol–water partition coefficient (Wildman–Crippen LogP) is 6.43. The van der Waals surface area contributed by atoms with Gasteiger partial charge in [0, 0.05) is 11.4 Å². The van der Waals surface area contributed by atoms with Gasteiger partial charge in [0.25, 0.3) is 5.91 Å². The second kappa shape index (κ2) is 8.96. The van der Waals surface area contributed by atoms with Crippen molar-refractivity contribution >= 4 is 67.8 Å². The lowest BCUT2D eigenvalue weighted by Crippen LogP contribution is -2.09. The molecule has 28 heavy (non-hydrogen) atoms. The minimum Gasteiger partial charge on any atom is -0.491 e. The molecule has 0 bridgehead atoms. The molecule has 0 fully saturated rings. The van der Waals surface area contributed by atoms with Crippen LogP contribution in [0.2, 0.25) is 5.02 Å². The van der Waals surface area contributed by atoms with Gasteiger partial charge < -0.3 is 10.1 Å². The molecule has 2 heterocycles. The van der Waals surface area contributed by atoms with Gasteiger partial charge in [0.15, 0.2) is 4.34 Å². The average Bonchev–Trinajstić information content (AvgIpc) is 3.36. The van der Waals surface area contributed by atoms with Gasteiger partial charge in [-0.25, -0.2) is 4.98 Å². The number of ether oxygens (including phenoxy) is 1. The predicted molar refractivity (Wildman–Crippen MR) is 120 cm³/mol. The molecular formula is C20H15ClN2O2S3. The van der Waals surface area contributed by atoms with Gasteiger partial charge in [0.2, 0.25) is 0 Å². The summed E-state index contributed by atoms with van der Waals surface area (Å²) >= 11 is 10.8. The van der Waals surface area contributed by atoms with Crippen molar-refractivity contribution in [2.45, 2.75) is 4.34 Å². The number of fused-ring (bicyclic) bond motifs is 1. The van der Waals surface area contributed by atoms with Crippen LogP contribution >= 0.6 is 46.0 Å². The molecule has 1 amide bonds. The second-order valence-electron chi connectivity index (χ2n) is 5.72. The van der Waals surface area contributed by atoms with E-state index < -0.39 is 0 Å². The number of amides is 1. The number of nitrogens with zero attached hydrogens (tertiary/aromatic N) is 1. The van der Waals surface area contributed by atoms with E-state index in [0.29, 0.717) is 22.3 Å². The number of carbonyl (C=O) groups is 1. The summed E-state index contributed by atoms with van der Waals surface area (Å²) in [7, 11) is 0. The van der Waals surface area contributed by atoms with E-state index in [1.165, 1.54) is 11.3 Å². The first-order chi connectivity index (χ1) is 13.7. The summed E-state index contributed by atoms with van der Waals surface area (Å²) in [6.45, 7) is 0.548. The van der Waals surface area contributed by atoms with E-state index in [1.54, 1.807) is 23.1 Å². The molecular weight excluding hydrogens is 432 g/mol. The molecule has 0 aliphatic heterocycles. The molecule has 0 aliphatic rings. The van der Waals surface area contributed by atoms with Crippen LogP contribution in [0.25, 0.3) is 10.2 Å². The number of hydrogen-bond donors (Lipinski definition) is 1. The maximum atomic E-state index is 12.2. The maximum absolute atomic E-state index is 12.2. The Labute approximate surface area is 179 Å². The number of halogens is 1. The van der Waals surface area contributed by atoms with Crippen LogP contribution < -0.4 is 10.1 Å². The van der Waals surface area contributed by atoms with E-state index in [-0.39, 0.29) is 5.91 Å². The molecule has 0 aliphatic carbocycles. The van der Waals surface area contributed by atoms with Gasteiger partial charge in [-0.1, -0.05) is 41.6 Å². The van der Waals surface area contributed by atoms with E-state index in [4.69, 9.17) is 16.3 Å². The van der Waals surface area contributed by atoms with Crippen molar-refractivity contribution in [1.29, 1.82) is 0 Å². The van der Waals surface area contributed by atoms with Crippen molar-refractivity contribution < 1.29 is 9.53 Å². The normalized spacial score (nSPS) is 10.9. The second-order valence-corrected chi connectivity index (χ2v) is 9.45. The van der Waals surface area contributed by atoms with Gasteiger partial charge in [-0.2, -0.15) is 0 Å². The maximum Gasteiger partial charge on any atom is 0.265 e. The Morgan fingerprint density at radius 3 is 2.89 bits per heavy atom. The molecule has 2 aromatic carbocycles. The number of thioether (sulfide) groups is 1. The molecule has 0 spiro atoms. The monoisotopic (exact) mass is 446 g/mol. The van der Waals surface area contributed by atoms with E-state index in [1.807, 2.05) is 60.0 Å². The number of para-hydroxylation sites is 1. The van der Waals surface area contributed by atoms with E-state index >= 15 is 0 Å². The van der Waals surface area contributed by atoms with E-state index in [2.05, 4.69) is 10.3 Å². The first-order valence-corrected chi connectivity index (χ1v) is 11.5. The Kier molecular flexibility index (Phi) is 6.17. The van der Waals surface area contributed by atoms with Crippen LogP contribution in [0.4, 0.5) is 5.69 Å². The van der Waals surface area contributed by atoms with Crippen LogP contribution in [0.5, 0.6) is 5.75 Å². The van der Waals surface area contributed by atoms with Crippen LogP contribution in [0.3, 0.4) is 0 Å². The molecule has 4 nitrogen and oxygen atoms in total. The summed E-state index contributed by atoms with van der Waals surface area (Å²) in [6, 6.07) is 16.9. The van der Waals surface area contributed by atoms with Crippen molar-refractivity contribution in [3.63, 3.8) is 0 Å². The summed E-state index contributed by atoms with van der Waals surface area (Å²) in [5, 5.41) is 5.44. The number of rotatable bonds is 7. The summed E-state index contributed by atoms with van der Waals surface area (Å²) in [4.78, 5) is 17.5. The zero-order valence-corrected chi connectivity index (χ0v) is 17.8. The number of anilines is 1. The average molecular weight is 447 g/mol. The number of aromatic nitrogens is 1. The number of thiazole rings is 1. The first kappa shape index (κ1) is 19.3. The van der Waals surface area contributed by atoms with Gasteiger partial charge >= 0.3 is 0 Å². The fourth-order valence-corrected chi connectivity index (χ4v) is 5.29. The first-order valence-electron chi connectivity index (χ1n) is 8.44. The quantitative estimate of drug-likeness (QED) is 0.262. The van der Waals surface area contributed by atoms with Crippen molar-refractivity contribution in [3.05, 3.63) is 69.9 Å². The highest BCUT2D eigenvalue weighted by atomic mass is 35.5. The molecule has 1 N–H and O–H groups in total. The standard InChI is InChI=1S/C20H15ClN2O2S3/c21-14-4-1-2-5-16(14)25-9-11-27-20-23-15-8-7-13(12-18(15)28-20)22-19(24)17-6-3-10-26-17/h1-8,10,12H,9,11H2,(H,22,24). The van der Waals surface area contributed by atoms with Gasteiger partial charge in [0.05, 0.1) is 26.7 Å². The molecule has 2 aromatic heterocycles. The third-order valence-corrected chi connectivity index (χ3v) is 7.08. The summed E-state index contributed by atoms with van der Waals surface area (Å²) in [5.41, 5.74) is 1.70. The fraction of sp³-hybridized carbons (Fsp3) is 0.100. The molecule has 0 saturated carbocycles. The highest BCUT2D eigenvalue weighted by molar-refractivity contribution is 8.01. The summed E-state index contributed by atoms with van der Waals surface area (Å²) < 4.78 is 7.72. The molecule has 0 saturated heterocycles. The highest BCUT2D eigenvalue weighted by Crippen LogP contribution is 2.32. The Bertz CT molecular complexity index is 1100. The highest BCUT2D eigenvalue weighted by Gasteiger charge is 2.10. The molecule has 142 valence electrons. The Balaban J connectivity index is 1.35. The lowest BCUT2D eigenvalue weighted by Gasteiger charge is -2.06. The third kappa shape index (κ3) is 4.67. The molecule has 4 rings (SSSR count). The van der Waals surface area contributed by atoms with Crippen molar-refractivity contribution in [1.82, 2.24) is 4.98 Å². The molecule has 8 heteroatoms. The smallest absolute Gasteiger partial charge is 0.265 e. The van der Waals surface area contributed by atoms with Crippen molar-refractivity contribution in [3.8, 4) is 5.75 Å². The number of benzene rings is 2. The lowest BCUT2D eigenvalue weighted by atomic mass is 10.3. The number of hydrogen-bond acceptors (Lipinski definition) is 6. The van der Waals surface area contributed by atoms with Crippen molar-refractivity contribution in [2.24, 2.45) is 0 Å². The fourth-order valence-electron chi connectivity index (χ4n) is 2.49. The topological polar surface area (TPSA) is 51.2 Å². The van der Waals surface area contributed by atoms with Gasteiger partial charge in [-0.3, -0.25) is 4.79 Å². The summed E-state index contributed by atoms with van der Waals surface area (Å²) in [6.07, 6.45) is 0. The minimum absolute atomic E-state index is 0.0924. The van der Waals surface area contributed by atoms with Crippen molar-refractivity contribution in [2.75, 3.05) is 17.7 Å². The van der Waals surface area contributed by atoms with Gasteiger partial charge in [-0.15, -0.1) is 22.7 Å². The Hall–Kier alpha value is -2.06. The van der Waals surface area contributed by atoms with Gasteiger partial charge in [0.1, 0.15) is 5.75 Å². The van der Waals surface area contributed by atoms with Crippen LogP contribution in [-0.4, -0.2) is 23.3 Å². The minimum atomic E-state index is -0.0924. The van der Waals surface area contributed by atoms with Crippen LogP contribution in [0, 0.1) is 0 Å². The molecule has 4 aromatic rings. The number of carbonyl (C=O) groups excluding carboxylic acids is 1. The Morgan fingerprint density at radius 2 is 2.07 bits per heavy atom. The van der Waals surface area contributed by atoms with Crippen LogP contribution in [0.1, 0.15) is 9.67 Å². The molecule has 0 atom stereocenters. The third-order valence-electron chi connectivity index (χ3n) is 3.77. The van der Waals surface area contributed by atoms with Gasteiger partial charge in [-0.05, 0) is 41.8 Å². The molecule has 0 unspecified atom stereocenters. The largest absolute Gasteiger partial charge is 0.491 e. The van der Waals surface area contributed by atoms with Crippen LogP contribution in [0.15, 0.2) is 64.3 Å². The van der Waals surface area contributed by atoms with Crippen LogP contribution in [-0.2, 0) is 0 Å².